The molecule has 1 aromatic carbocycles. The molecule has 3 heteroatoms. The number of fused-ring (bicyclic) bond motifs is 1. The zero-order chi connectivity index (χ0) is 13.2. The van der Waals surface area contributed by atoms with Gasteiger partial charge in [-0.3, -0.25) is 4.79 Å². The highest BCUT2D eigenvalue weighted by molar-refractivity contribution is 5.97. The number of carbonyl (C=O) groups is 1. The van der Waals surface area contributed by atoms with Crippen LogP contribution in [0.15, 0.2) is 30.3 Å². The van der Waals surface area contributed by atoms with Gasteiger partial charge >= 0.3 is 0 Å². The molecule has 2 fully saturated rings. The van der Waals surface area contributed by atoms with E-state index in [0.29, 0.717) is 30.2 Å². The molecule has 2 saturated carbocycles. The van der Waals surface area contributed by atoms with E-state index in [4.69, 9.17) is 5.73 Å². The van der Waals surface area contributed by atoms with Crippen LogP contribution in [-0.2, 0) is 4.79 Å². The van der Waals surface area contributed by atoms with Crippen molar-refractivity contribution in [3.8, 4) is 0 Å². The zero-order valence-electron chi connectivity index (χ0n) is 11.3. The summed E-state index contributed by atoms with van der Waals surface area (Å²) in [5.74, 6) is 1.98. The fourth-order valence-corrected chi connectivity index (χ4v) is 3.59. The Labute approximate surface area is 114 Å². The number of carbonyl (C=O) groups excluding carboxylic acids is 1. The van der Waals surface area contributed by atoms with Gasteiger partial charge in [0.15, 0.2) is 0 Å². The molecule has 0 aromatic heterocycles. The average Bonchev–Trinajstić information content (AvgIpc) is 2.93. The van der Waals surface area contributed by atoms with Gasteiger partial charge < -0.3 is 10.6 Å². The lowest BCUT2D eigenvalue weighted by atomic mass is 10.1. The van der Waals surface area contributed by atoms with Crippen LogP contribution in [0.4, 0.5) is 5.69 Å². The van der Waals surface area contributed by atoms with E-state index >= 15 is 0 Å². The van der Waals surface area contributed by atoms with Crippen molar-refractivity contribution >= 4 is 11.6 Å². The van der Waals surface area contributed by atoms with Crippen LogP contribution in [0.5, 0.6) is 0 Å². The molecule has 0 bridgehead atoms. The largest absolute Gasteiger partial charge is 0.330 e. The third kappa shape index (κ3) is 2.39. The van der Waals surface area contributed by atoms with Gasteiger partial charge in [-0.1, -0.05) is 24.6 Å². The van der Waals surface area contributed by atoms with Crippen molar-refractivity contribution in [1.82, 2.24) is 0 Å². The number of nitrogens with two attached hydrogens (primary N) is 1. The molecule has 2 aliphatic rings. The lowest BCUT2D eigenvalue weighted by molar-refractivity contribution is -0.120. The van der Waals surface area contributed by atoms with Crippen molar-refractivity contribution in [1.29, 1.82) is 0 Å². The lowest BCUT2D eigenvalue weighted by Gasteiger charge is -2.23. The molecule has 0 saturated heterocycles. The van der Waals surface area contributed by atoms with E-state index in [2.05, 4.69) is 0 Å². The van der Waals surface area contributed by atoms with Gasteiger partial charge in [0, 0.05) is 18.2 Å². The minimum absolute atomic E-state index is 0.298. The Morgan fingerprint density at radius 2 is 1.89 bits per heavy atom. The van der Waals surface area contributed by atoms with Crippen molar-refractivity contribution in [2.75, 3.05) is 18.0 Å². The SMILES string of the molecule is NCCCN(C(=O)C1C2CCCC21)c1ccccc1. The third-order valence-electron chi connectivity index (χ3n) is 4.61. The molecule has 2 atom stereocenters. The molecule has 0 spiro atoms. The molecule has 1 amide bonds. The van der Waals surface area contributed by atoms with Crippen LogP contribution in [0.25, 0.3) is 0 Å². The molecular formula is C16H22N2O. The predicted molar refractivity (Wildman–Crippen MR) is 76.8 cm³/mol. The molecule has 2 unspecified atom stereocenters. The second kappa shape index (κ2) is 5.33. The fourth-order valence-electron chi connectivity index (χ4n) is 3.59. The molecule has 0 radical (unpaired) electrons. The minimum atomic E-state index is 0.298. The molecule has 0 heterocycles. The Morgan fingerprint density at radius 1 is 1.21 bits per heavy atom. The Balaban J connectivity index is 1.74. The van der Waals surface area contributed by atoms with E-state index in [-0.39, 0.29) is 0 Å². The zero-order valence-corrected chi connectivity index (χ0v) is 11.3. The van der Waals surface area contributed by atoms with Crippen molar-refractivity contribution in [3.63, 3.8) is 0 Å². The van der Waals surface area contributed by atoms with Crippen LogP contribution in [0.1, 0.15) is 25.7 Å². The maximum atomic E-state index is 12.7. The highest BCUT2D eigenvalue weighted by Gasteiger charge is 2.57. The minimum Gasteiger partial charge on any atom is -0.330 e. The molecule has 2 aliphatic carbocycles. The fraction of sp³-hybridized carbons (Fsp3) is 0.562. The van der Waals surface area contributed by atoms with E-state index in [0.717, 1.165) is 18.7 Å². The lowest BCUT2D eigenvalue weighted by Crippen LogP contribution is -2.35. The summed E-state index contributed by atoms with van der Waals surface area (Å²) in [5.41, 5.74) is 6.62. The molecule has 0 aliphatic heterocycles. The number of amides is 1. The van der Waals surface area contributed by atoms with E-state index in [1.54, 1.807) is 0 Å². The summed E-state index contributed by atoms with van der Waals surface area (Å²) < 4.78 is 0. The first-order valence-electron chi connectivity index (χ1n) is 7.39. The van der Waals surface area contributed by atoms with Crippen LogP contribution in [0.2, 0.25) is 0 Å². The van der Waals surface area contributed by atoms with Crippen molar-refractivity contribution in [2.45, 2.75) is 25.7 Å². The third-order valence-corrected chi connectivity index (χ3v) is 4.61. The Hall–Kier alpha value is -1.35. The Morgan fingerprint density at radius 3 is 2.53 bits per heavy atom. The van der Waals surface area contributed by atoms with Crippen LogP contribution in [-0.4, -0.2) is 19.0 Å². The van der Waals surface area contributed by atoms with Crippen molar-refractivity contribution in [2.24, 2.45) is 23.5 Å². The normalized spacial score (nSPS) is 27.9. The van der Waals surface area contributed by atoms with Crippen molar-refractivity contribution < 1.29 is 4.79 Å². The van der Waals surface area contributed by atoms with Gasteiger partial charge in [0.1, 0.15) is 0 Å². The quantitative estimate of drug-likeness (QED) is 0.881. The summed E-state index contributed by atoms with van der Waals surface area (Å²) in [7, 11) is 0. The highest BCUT2D eigenvalue weighted by atomic mass is 16.2. The van der Waals surface area contributed by atoms with Crippen LogP contribution in [0.3, 0.4) is 0 Å². The first-order valence-corrected chi connectivity index (χ1v) is 7.39. The number of anilines is 1. The van der Waals surface area contributed by atoms with E-state index in [9.17, 15) is 4.79 Å². The van der Waals surface area contributed by atoms with E-state index < -0.39 is 0 Å². The molecular weight excluding hydrogens is 236 g/mol. The highest BCUT2D eigenvalue weighted by Crippen LogP contribution is 2.58. The number of nitrogens with zero attached hydrogens (tertiary/aromatic N) is 1. The predicted octanol–water partition coefficient (Wildman–Crippen LogP) is 2.41. The molecule has 2 N–H and O–H groups in total. The summed E-state index contributed by atoms with van der Waals surface area (Å²) in [4.78, 5) is 14.7. The Bertz CT molecular complexity index is 435. The number of para-hydroxylation sites is 1. The maximum absolute atomic E-state index is 12.7. The monoisotopic (exact) mass is 258 g/mol. The van der Waals surface area contributed by atoms with E-state index in [1.807, 2.05) is 35.2 Å². The summed E-state index contributed by atoms with van der Waals surface area (Å²) in [6.07, 6.45) is 4.68. The van der Waals surface area contributed by atoms with Gasteiger partial charge in [-0.05, 0) is 49.8 Å². The Kier molecular flexibility index (Phi) is 3.56. The van der Waals surface area contributed by atoms with Gasteiger partial charge in [-0.15, -0.1) is 0 Å². The molecule has 3 nitrogen and oxygen atoms in total. The smallest absolute Gasteiger partial charge is 0.230 e. The molecule has 3 rings (SSSR count). The van der Waals surface area contributed by atoms with Crippen LogP contribution < -0.4 is 10.6 Å². The number of hydrogen-bond donors (Lipinski definition) is 1. The summed E-state index contributed by atoms with van der Waals surface area (Å²) >= 11 is 0. The topological polar surface area (TPSA) is 46.3 Å². The second-order valence-corrected chi connectivity index (χ2v) is 5.75. The first-order chi connectivity index (χ1) is 9.33. The molecule has 102 valence electrons. The van der Waals surface area contributed by atoms with E-state index in [1.165, 1.54) is 19.3 Å². The van der Waals surface area contributed by atoms with Crippen molar-refractivity contribution in [3.05, 3.63) is 30.3 Å². The summed E-state index contributed by atoms with van der Waals surface area (Å²) in [5, 5.41) is 0. The number of rotatable bonds is 5. The molecule has 1 aromatic rings. The first kappa shape index (κ1) is 12.7. The number of hydrogen-bond acceptors (Lipinski definition) is 2. The standard InChI is InChI=1S/C16H22N2O/c17-10-5-11-18(12-6-2-1-3-7-12)16(19)15-13-8-4-9-14(13)15/h1-3,6-7,13-15H,4-5,8-11,17H2. The van der Waals surface area contributed by atoms with Gasteiger partial charge in [0.25, 0.3) is 0 Å². The van der Waals surface area contributed by atoms with Gasteiger partial charge in [0.05, 0.1) is 0 Å². The summed E-state index contributed by atoms with van der Waals surface area (Å²) in [6, 6.07) is 10.0. The van der Waals surface area contributed by atoms with Gasteiger partial charge in [-0.2, -0.15) is 0 Å². The summed E-state index contributed by atoms with van der Waals surface area (Å²) in [6.45, 7) is 1.38. The maximum Gasteiger partial charge on any atom is 0.230 e. The molecule has 19 heavy (non-hydrogen) atoms. The van der Waals surface area contributed by atoms with Crippen LogP contribution >= 0.6 is 0 Å². The second-order valence-electron chi connectivity index (χ2n) is 5.75. The van der Waals surface area contributed by atoms with Gasteiger partial charge in [-0.25, -0.2) is 0 Å². The van der Waals surface area contributed by atoms with Gasteiger partial charge in [0.2, 0.25) is 5.91 Å². The number of benzene rings is 1. The van der Waals surface area contributed by atoms with Crippen LogP contribution in [0, 0.1) is 17.8 Å². The average molecular weight is 258 g/mol.